The summed E-state index contributed by atoms with van der Waals surface area (Å²) < 4.78 is 35.2. The SMILES string of the molecule is CN(CCc1nc2ccc(F)cc2[nH]1)C(=O)CS(C)(=O)=O. The van der Waals surface area contributed by atoms with Gasteiger partial charge in [-0.2, -0.15) is 0 Å². The quantitative estimate of drug-likeness (QED) is 0.883. The number of aromatic amines is 1. The average Bonchev–Trinajstić information content (AvgIpc) is 2.75. The van der Waals surface area contributed by atoms with E-state index in [-0.39, 0.29) is 5.82 Å². The Hall–Kier alpha value is -1.96. The summed E-state index contributed by atoms with van der Waals surface area (Å²) >= 11 is 0. The Morgan fingerprint density at radius 2 is 2.14 bits per heavy atom. The van der Waals surface area contributed by atoms with Crippen LogP contribution in [0, 0.1) is 5.82 Å². The van der Waals surface area contributed by atoms with Crippen molar-refractivity contribution in [3.8, 4) is 0 Å². The topological polar surface area (TPSA) is 83.1 Å². The standard InChI is InChI=1S/C13H16FN3O3S/c1-17(13(18)8-21(2,19)20)6-5-12-15-10-4-3-9(14)7-11(10)16-12/h3-4,7H,5-6,8H2,1-2H3,(H,15,16). The van der Waals surface area contributed by atoms with Gasteiger partial charge < -0.3 is 9.88 Å². The fraction of sp³-hybridized carbons (Fsp3) is 0.385. The summed E-state index contributed by atoms with van der Waals surface area (Å²) in [6, 6.07) is 4.25. The average molecular weight is 313 g/mol. The highest BCUT2D eigenvalue weighted by Gasteiger charge is 2.15. The third-order valence-electron chi connectivity index (χ3n) is 2.99. The molecule has 0 saturated carbocycles. The molecule has 21 heavy (non-hydrogen) atoms. The van der Waals surface area contributed by atoms with Crippen molar-refractivity contribution in [2.45, 2.75) is 6.42 Å². The van der Waals surface area contributed by atoms with E-state index in [0.717, 1.165) is 6.26 Å². The number of nitrogens with zero attached hydrogens (tertiary/aromatic N) is 2. The molecule has 0 fully saturated rings. The molecule has 2 rings (SSSR count). The van der Waals surface area contributed by atoms with E-state index in [2.05, 4.69) is 9.97 Å². The van der Waals surface area contributed by atoms with Crippen molar-refractivity contribution >= 4 is 26.8 Å². The molecule has 0 aliphatic carbocycles. The molecule has 0 aliphatic rings. The minimum absolute atomic E-state index is 0.330. The second-order valence-corrected chi connectivity index (χ2v) is 7.12. The van der Waals surface area contributed by atoms with Crippen LogP contribution in [0.2, 0.25) is 0 Å². The number of rotatable bonds is 5. The second kappa shape index (κ2) is 5.80. The molecule has 0 spiro atoms. The van der Waals surface area contributed by atoms with Gasteiger partial charge in [0.1, 0.15) is 17.4 Å². The van der Waals surface area contributed by atoms with Gasteiger partial charge in [-0.05, 0) is 18.2 Å². The zero-order valence-corrected chi connectivity index (χ0v) is 12.6. The number of sulfone groups is 1. The summed E-state index contributed by atoms with van der Waals surface area (Å²) in [6.07, 6.45) is 1.45. The number of benzene rings is 1. The van der Waals surface area contributed by atoms with Crippen LogP contribution in [0.3, 0.4) is 0 Å². The number of halogens is 1. The number of H-pyrrole nitrogens is 1. The summed E-state index contributed by atoms with van der Waals surface area (Å²) in [5.74, 6) is -0.693. The van der Waals surface area contributed by atoms with E-state index in [4.69, 9.17) is 0 Å². The fourth-order valence-electron chi connectivity index (χ4n) is 1.89. The summed E-state index contributed by atoms with van der Waals surface area (Å²) in [7, 11) is -1.80. The number of imidazole rings is 1. The number of likely N-dealkylation sites (N-methyl/N-ethyl adjacent to an activating group) is 1. The third kappa shape index (κ3) is 4.25. The molecule has 1 aromatic carbocycles. The number of amides is 1. The number of nitrogens with one attached hydrogen (secondary N) is 1. The number of carbonyl (C=O) groups excluding carboxylic acids is 1. The number of aromatic nitrogens is 2. The monoisotopic (exact) mass is 313 g/mol. The van der Waals surface area contributed by atoms with E-state index in [1.807, 2.05) is 0 Å². The van der Waals surface area contributed by atoms with Crippen LogP contribution in [0.15, 0.2) is 18.2 Å². The van der Waals surface area contributed by atoms with E-state index in [9.17, 15) is 17.6 Å². The largest absolute Gasteiger partial charge is 0.344 e. The van der Waals surface area contributed by atoms with Gasteiger partial charge in [0.05, 0.1) is 11.0 Å². The molecule has 0 unspecified atom stereocenters. The predicted molar refractivity (Wildman–Crippen MR) is 77.1 cm³/mol. The van der Waals surface area contributed by atoms with Gasteiger partial charge in [0.2, 0.25) is 5.91 Å². The molecule has 8 heteroatoms. The molecule has 0 radical (unpaired) electrons. The number of hydrogen-bond acceptors (Lipinski definition) is 4. The molecule has 1 heterocycles. The lowest BCUT2D eigenvalue weighted by molar-refractivity contribution is -0.127. The van der Waals surface area contributed by atoms with Gasteiger partial charge in [-0.3, -0.25) is 4.79 Å². The van der Waals surface area contributed by atoms with Crippen molar-refractivity contribution in [2.75, 3.05) is 25.6 Å². The first-order chi connectivity index (χ1) is 9.74. The van der Waals surface area contributed by atoms with Gasteiger partial charge >= 0.3 is 0 Å². The Balaban J connectivity index is 1.99. The third-order valence-corrected chi connectivity index (χ3v) is 3.76. The van der Waals surface area contributed by atoms with Gasteiger partial charge in [0, 0.05) is 26.3 Å². The van der Waals surface area contributed by atoms with Crippen LogP contribution in [0.4, 0.5) is 4.39 Å². The molecule has 6 nitrogen and oxygen atoms in total. The molecule has 1 aromatic heterocycles. The van der Waals surface area contributed by atoms with Crippen molar-refractivity contribution in [1.29, 1.82) is 0 Å². The molecule has 0 saturated heterocycles. The van der Waals surface area contributed by atoms with Crippen LogP contribution in [0.5, 0.6) is 0 Å². The van der Waals surface area contributed by atoms with Crippen molar-refractivity contribution < 1.29 is 17.6 Å². The first kappa shape index (κ1) is 15.4. The maximum Gasteiger partial charge on any atom is 0.237 e. The molecule has 1 amide bonds. The van der Waals surface area contributed by atoms with Crippen molar-refractivity contribution in [2.24, 2.45) is 0 Å². The zero-order valence-electron chi connectivity index (χ0n) is 11.8. The lowest BCUT2D eigenvalue weighted by Gasteiger charge is -2.15. The molecule has 0 aliphatic heterocycles. The Bertz CT molecular complexity index is 770. The number of hydrogen-bond donors (Lipinski definition) is 1. The number of carbonyl (C=O) groups is 1. The molecule has 0 atom stereocenters. The molecular weight excluding hydrogens is 297 g/mol. The van der Waals surface area contributed by atoms with E-state index in [1.54, 1.807) is 6.07 Å². The Kier molecular flexibility index (Phi) is 4.26. The Morgan fingerprint density at radius 1 is 1.43 bits per heavy atom. The van der Waals surface area contributed by atoms with Gasteiger partial charge in [-0.15, -0.1) is 0 Å². The molecule has 2 aromatic rings. The highest BCUT2D eigenvalue weighted by molar-refractivity contribution is 7.91. The van der Waals surface area contributed by atoms with E-state index in [0.29, 0.717) is 29.8 Å². The lowest BCUT2D eigenvalue weighted by atomic mass is 10.3. The van der Waals surface area contributed by atoms with Gasteiger partial charge in [0.15, 0.2) is 9.84 Å². The van der Waals surface area contributed by atoms with Gasteiger partial charge in [-0.1, -0.05) is 0 Å². The highest BCUT2D eigenvalue weighted by atomic mass is 32.2. The van der Waals surface area contributed by atoms with Gasteiger partial charge in [0.25, 0.3) is 0 Å². The molecule has 1 N–H and O–H groups in total. The van der Waals surface area contributed by atoms with Crippen LogP contribution < -0.4 is 0 Å². The van der Waals surface area contributed by atoms with Crippen molar-refractivity contribution in [1.82, 2.24) is 14.9 Å². The van der Waals surface area contributed by atoms with Crippen LogP contribution in [0.1, 0.15) is 5.82 Å². The maximum atomic E-state index is 13.1. The first-order valence-corrected chi connectivity index (χ1v) is 8.36. The number of fused-ring (bicyclic) bond motifs is 1. The van der Waals surface area contributed by atoms with Crippen molar-refractivity contribution in [3.05, 3.63) is 29.8 Å². The summed E-state index contributed by atoms with van der Waals surface area (Å²) in [4.78, 5) is 20.3. The molecular formula is C13H16FN3O3S. The van der Waals surface area contributed by atoms with Crippen LogP contribution in [0.25, 0.3) is 11.0 Å². The minimum atomic E-state index is -3.33. The fourth-order valence-corrected chi connectivity index (χ4v) is 2.55. The summed E-state index contributed by atoms with van der Waals surface area (Å²) in [6.45, 7) is 0.330. The first-order valence-electron chi connectivity index (χ1n) is 6.30. The highest BCUT2D eigenvalue weighted by Crippen LogP contribution is 2.13. The predicted octanol–water partition coefficient (Wildman–Crippen LogP) is 0.747. The molecule has 0 bridgehead atoms. The van der Waals surface area contributed by atoms with E-state index < -0.39 is 21.5 Å². The second-order valence-electron chi connectivity index (χ2n) is 4.98. The Morgan fingerprint density at radius 3 is 2.81 bits per heavy atom. The summed E-state index contributed by atoms with van der Waals surface area (Å²) in [5.41, 5.74) is 1.24. The van der Waals surface area contributed by atoms with Crippen LogP contribution >= 0.6 is 0 Å². The Labute approximate surface area is 121 Å². The minimum Gasteiger partial charge on any atom is -0.344 e. The van der Waals surface area contributed by atoms with Gasteiger partial charge in [-0.25, -0.2) is 17.8 Å². The lowest BCUT2D eigenvalue weighted by Crippen LogP contribution is -2.33. The normalized spacial score (nSPS) is 11.8. The van der Waals surface area contributed by atoms with Crippen LogP contribution in [-0.4, -0.2) is 54.8 Å². The van der Waals surface area contributed by atoms with E-state index >= 15 is 0 Å². The summed E-state index contributed by atoms with van der Waals surface area (Å²) in [5, 5.41) is 0. The van der Waals surface area contributed by atoms with E-state index in [1.165, 1.54) is 24.1 Å². The molecule has 114 valence electrons. The maximum absolute atomic E-state index is 13.1. The van der Waals surface area contributed by atoms with Crippen LogP contribution in [-0.2, 0) is 21.1 Å². The van der Waals surface area contributed by atoms with Crippen molar-refractivity contribution in [3.63, 3.8) is 0 Å². The smallest absolute Gasteiger partial charge is 0.237 e. The zero-order chi connectivity index (χ0) is 15.6.